The van der Waals surface area contributed by atoms with Crippen LogP contribution in [-0.2, 0) is 15.8 Å². The lowest BCUT2D eigenvalue weighted by Gasteiger charge is -2.33. The first kappa shape index (κ1) is 17.5. The predicted molar refractivity (Wildman–Crippen MR) is 85.3 cm³/mol. The topological polar surface area (TPSA) is 31.6 Å². The highest BCUT2D eigenvalue weighted by atomic mass is 28.4. The molecule has 0 atom stereocenters. The van der Waals surface area contributed by atoms with Gasteiger partial charge in [-0.25, -0.2) is 0 Å². The molecule has 1 aromatic rings. The van der Waals surface area contributed by atoms with Gasteiger partial charge in [0.05, 0.1) is 12.9 Å². The van der Waals surface area contributed by atoms with Crippen molar-refractivity contribution in [2.24, 2.45) is 5.41 Å². The Morgan fingerprint density at radius 1 is 1.10 bits per heavy atom. The highest BCUT2D eigenvalue weighted by Crippen LogP contribution is 2.26. The fourth-order valence-corrected chi connectivity index (χ4v) is 5.08. The standard InChI is InChI=1S/C16H30O3Si/c1-6-20(7-2,8-3)19-14-16(4,5)13-17-12-15-10-9-11-18-15/h9-11H,6-8,12-14H2,1-5H3. The predicted octanol–water partition coefficient (Wildman–Crippen LogP) is 4.84. The van der Waals surface area contributed by atoms with E-state index >= 15 is 0 Å². The monoisotopic (exact) mass is 298 g/mol. The third-order valence-corrected chi connectivity index (χ3v) is 8.64. The number of ether oxygens (including phenoxy) is 1. The van der Waals surface area contributed by atoms with Gasteiger partial charge in [-0.3, -0.25) is 0 Å². The average Bonchev–Trinajstić information content (AvgIpc) is 2.94. The molecule has 0 saturated carbocycles. The van der Waals surface area contributed by atoms with Gasteiger partial charge in [0.1, 0.15) is 12.4 Å². The molecular formula is C16H30O3Si. The van der Waals surface area contributed by atoms with Crippen molar-refractivity contribution in [2.75, 3.05) is 13.2 Å². The molecule has 0 aliphatic rings. The van der Waals surface area contributed by atoms with E-state index < -0.39 is 8.32 Å². The number of furan rings is 1. The maximum atomic E-state index is 6.37. The molecule has 0 unspecified atom stereocenters. The minimum Gasteiger partial charge on any atom is -0.467 e. The zero-order chi connectivity index (χ0) is 15.1. The van der Waals surface area contributed by atoms with Crippen molar-refractivity contribution in [1.29, 1.82) is 0 Å². The van der Waals surface area contributed by atoms with Crippen LogP contribution < -0.4 is 0 Å². The summed E-state index contributed by atoms with van der Waals surface area (Å²) in [5.74, 6) is 0.876. The van der Waals surface area contributed by atoms with Gasteiger partial charge in [0.2, 0.25) is 0 Å². The highest BCUT2D eigenvalue weighted by molar-refractivity contribution is 6.73. The van der Waals surface area contributed by atoms with Gasteiger partial charge in [-0.1, -0.05) is 34.6 Å². The summed E-state index contributed by atoms with van der Waals surface area (Å²) in [6, 6.07) is 7.42. The molecule has 116 valence electrons. The first-order chi connectivity index (χ1) is 9.47. The quantitative estimate of drug-likeness (QED) is 0.579. The number of hydrogen-bond acceptors (Lipinski definition) is 3. The summed E-state index contributed by atoms with van der Waals surface area (Å²) in [6.45, 7) is 13.2. The first-order valence-corrected chi connectivity index (χ1v) is 10.2. The Balaban J connectivity index is 2.36. The lowest BCUT2D eigenvalue weighted by molar-refractivity contribution is 0.0170. The Bertz CT molecular complexity index is 348. The van der Waals surface area contributed by atoms with Crippen LogP contribution in [0.15, 0.2) is 22.8 Å². The minimum atomic E-state index is -1.49. The van der Waals surface area contributed by atoms with E-state index in [9.17, 15) is 0 Å². The van der Waals surface area contributed by atoms with Crippen LogP contribution in [-0.4, -0.2) is 21.5 Å². The van der Waals surface area contributed by atoms with Crippen LogP contribution in [0.2, 0.25) is 18.1 Å². The minimum absolute atomic E-state index is 0.0460. The molecule has 0 saturated heterocycles. The van der Waals surface area contributed by atoms with Crippen LogP contribution in [0.3, 0.4) is 0 Å². The molecule has 1 heterocycles. The van der Waals surface area contributed by atoms with E-state index in [-0.39, 0.29) is 5.41 Å². The van der Waals surface area contributed by atoms with Crippen molar-refractivity contribution in [3.05, 3.63) is 24.2 Å². The Labute approximate surface area is 124 Å². The van der Waals surface area contributed by atoms with Gasteiger partial charge in [-0.2, -0.15) is 0 Å². The summed E-state index contributed by atoms with van der Waals surface area (Å²) in [7, 11) is -1.49. The second-order valence-electron chi connectivity index (χ2n) is 6.27. The molecule has 0 bridgehead atoms. The summed E-state index contributed by atoms with van der Waals surface area (Å²) in [5.41, 5.74) is 0.0460. The molecule has 0 aliphatic carbocycles. The molecule has 0 radical (unpaired) electrons. The Morgan fingerprint density at radius 2 is 1.75 bits per heavy atom. The van der Waals surface area contributed by atoms with Crippen molar-refractivity contribution in [3.8, 4) is 0 Å². The smallest absolute Gasteiger partial charge is 0.192 e. The third-order valence-electron chi connectivity index (χ3n) is 4.02. The number of rotatable bonds is 10. The second kappa shape index (κ2) is 8.01. The van der Waals surface area contributed by atoms with Crippen LogP contribution in [0.5, 0.6) is 0 Å². The van der Waals surface area contributed by atoms with Crippen LogP contribution in [0.1, 0.15) is 40.4 Å². The van der Waals surface area contributed by atoms with Crippen LogP contribution in [0.25, 0.3) is 0 Å². The first-order valence-electron chi connectivity index (χ1n) is 7.71. The molecule has 0 spiro atoms. The summed E-state index contributed by atoms with van der Waals surface area (Å²) in [6.07, 6.45) is 1.68. The van der Waals surface area contributed by atoms with E-state index in [1.165, 1.54) is 18.1 Å². The molecular weight excluding hydrogens is 268 g/mol. The van der Waals surface area contributed by atoms with Crippen molar-refractivity contribution in [1.82, 2.24) is 0 Å². The SMILES string of the molecule is CC[Si](CC)(CC)OCC(C)(C)COCc1ccco1. The lowest BCUT2D eigenvalue weighted by Crippen LogP contribution is -2.40. The Morgan fingerprint density at radius 3 is 2.25 bits per heavy atom. The van der Waals surface area contributed by atoms with Gasteiger partial charge >= 0.3 is 0 Å². The van der Waals surface area contributed by atoms with E-state index in [0.717, 1.165) is 12.4 Å². The van der Waals surface area contributed by atoms with Crippen molar-refractivity contribution >= 4 is 8.32 Å². The molecule has 0 N–H and O–H groups in total. The van der Waals surface area contributed by atoms with E-state index in [2.05, 4.69) is 34.6 Å². The normalized spacial score (nSPS) is 12.8. The van der Waals surface area contributed by atoms with Crippen molar-refractivity contribution in [3.63, 3.8) is 0 Å². The number of hydrogen-bond donors (Lipinski definition) is 0. The van der Waals surface area contributed by atoms with Crippen molar-refractivity contribution < 1.29 is 13.6 Å². The van der Waals surface area contributed by atoms with Crippen LogP contribution >= 0.6 is 0 Å². The van der Waals surface area contributed by atoms with Gasteiger partial charge in [-0.05, 0) is 30.3 Å². The maximum Gasteiger partial charge on any atom is 0.192 e. The molecule has 0 aliphatic heterocycles. The zero-order valence-corrected chi connectivity index (χ0v) is 14.7. The van der Waals surface area contributed by atoms with E-state index in [0.29, 0.717) is 13.2 Å². The Hall–Kier alpha value is -0.583. The molecule has 0 fully saturated rings. The molecule has 1 rings (SSSR count). The van der Waals surface area contributed by atoms with E-state index in [4.69, 9.17) is 13.6 Å². The van der Waals surface area contributed by atoms with E-state index in [1.54, 1.807) is 6.26 Å². The molecule has 1 aromatic heterocycles. The fraction of sp³-hybridized carbons (Fsp3) is 0.750. The van der Waals surface area contributed by atoms with Crippen LogP contribution in [0.4, 0.5) is 0 Å². The summed E-state index contributed by atoms with van der Waals surface area (Å²) in [5, 5.41) is 0. The maximum absolute atomic E-state index is 6.37. The van der Waals surface area contributed by atoms with Gasteiger partial charge in [-0.15, -0.1) is 0 Å². The van der Waals surface area contributed by atoms with Gasteiger partial charge in [0, 0.05) is 12.0 Å². The van der Waals surface area contributed by atoms with Crippen molar-refractivity contribution in [2.45, 2.75) is 59.4 Å². The molecule has 20 heavy (non-hydrogen) atoms. The molecule has 0 amide bonds. The fourth-order valence-electron chi connectivity index (χ4n) is 2.27. The lowest BCUT2D eigenvalue weighted by atomic mass is 9.97. The zero-order valence-electron chi connectivity index (χ0n) is 13.7. The van der Waals surface area contributed by atoms with E-state index in [1.807, 2.05) is 12.1 Å². The summed E-state index contributed by atoms with van der Waals surface area (Å²) < 4.78 is 17.4. The molecule has 0 aromatic carbocycles. The van der Waals surface area contributed by atoms with Gasteiger partial charge in [0.25, 0.3) is 0 Å². The Kier molecular flexibility index (Phi) is 6.99. The summed E-state index contributed by atoms with van der Waals surface area (Å²) in [4.78, 5) is 0. The van der Waals surface area contributed by atoms with Gasteiger partial charge in [0.15, 0.2) is 8.32 Å². The average molecular weight is 298 g/mol. The highest BCUT2D eigenvalue weighted by Gasteiger charge is 2.31. The molecule has 4 heteroatoms. The molecule has 3 nitrogen and oxygen atoms in total. The third kappa shape index (κ3) is 5.42. The largest absolute Gasteiger partial charge is 0.467 e. The van der Waals surface area contributed by atoms with Gasteiger partial charge < -0.3 is 13.6 Å². The second-order valence-corrected chi connectivity index (χ2v) is 11.0. The van der Waals surface area contributed by atoms with Crippen LogP contribution in [0, 0.1) is 5.41 Å². The summed E-state index contributed by atoms with van der Waals surface area (Å²) >= 11 is 0.